The maximum Gasteiger partial charge on any atom is 0.389 e. The van der Waals surface area contributed by atoms with Crippen molar-refractivity contribution in [3.63, 3.8) is 0 Å². The highest BCUT2D eigenvalue weighted by Crippen LogP contribution is 2.12. The van der Waals surface area contributed by atoms with Crippen LogP contribution in [0.4, 0.5) is 5.82 Å². The van der Waals surface area contributed by atoms with Crippen LogP contribution in [0.15, 0.2) is 36.5 Å². The molecule has 0 amide bonds. The first kappa shape index (κ1) is 12.3. The molecule has 0 spiro atoms. The smallest absolute Gasteiger partial charge is 0.358 e. The lowest BCUT2D eigenvalue weighted by Crippen LogP contribution is -2.11. The molecule has 0 aliphatic heterocycles. The Hall–Kier alpha value is -2.21. The van der Waals surface area contributed by atoms with Gasteiger partial charge in [0.25, 0.3) is 0 Å². The van der Waals surface area contributed by atoms with E-state index in [-0.39, 0.29) is 18.1 Å². The van der Waals surface area contributed by atoms with Gasteiger partial charge in [0.05, 0.1) is 17.4 Å². The second kappa shape index (κ2) is 4.97. The van der Waals surface area contributed by atoms with Crippen molar-refractivity contribution in [1.82, 2.24) is 9.78 Å². The van der Waals surface area contributed by atoms with Gasteiger partial charge in [-0.1, -0.05) is 23.7 Å². The summed E-state index contributed by atoms with van der Waals surface area (Å²) < 4.78 is 1.22. The predicted molar refractivity (Wildman–Crippen MR) is 64.7 cm³/mol. The lowest BCUT2D eigenvalue weighted by molar-refractivity contribution is -0.389. The van der Waals surface area contributed by atoms with Crippen molar-refractivity contribution in [2.24, 2.45) is 0 Å². The molecule has 2 aromatic rings. The van der Waals surface area contributed by atoms with E-state index in [2.05, 4.69) is 5.10 Å². The molecule has 0 atom stereocenters. The molecule has 0 aliphatic carbocycles. The maximum atomic E-state index is 11.9. The second-order valence-electron chi connectivity index (χ2n) is 3.56. The van der Waals surface area contributed by atoms with Gasteiger partial charge in [-0.25, -0.2) is 0 Å². The molecule has 1 aromatic heterocycles. The summed E-state index contributed by atoms with van der Waals surface area (Å²) in [4.78, 5) is 21.7. The fourth-order valence-corrected chi connectivity index (χ4v) is 1.63. The van der Waals surface area contributed by atoms with Crippen molar-refractivity contribution in [3.05, 3.63) is 57.2 Å². The van der Waals surface area contributed by atoms with Gasteiger partial charge in [0, 0.05) is 10.6 Å². The number of ketones is 1. The number of halogens is 1. The van der Waals surface area contributed by atoms with Crippen molar-refractivity contribution < 1.29 is 9.72 Å². The molecule has 0 saturated carbocycles. The number of hydrogen-bond acceptors (Lipinski definition) is 4. The summed E-state index contributed by atoms with van der Waals surface area (Å²) in [5, 5.41) is 14.6. The molecule has 18 heavy (non-hydrogen) atoms. The average Bonchev–Trinajstić information content (AvgIpc) is 2.77. The topological polar surface area (TPSA) is 78.0 Å². The maximum absolute atomic E-state index is 11.9. The molecule has 0 unspecified atom stereocenters. The largest absolute Gasteiger partial charge is 0.389 e. The van der Waals surface area contributed by atoms with Crippen LogP contribution >= 0.6 is 11.6 Å². The third kappa shape index (κ3) is 2.72. The van der Waals surface area contributed by atoms with Gasteiger partial charge in [0.2, 0.25) is 0 Å². The Morgan fingerprint density at radius 3 is 2.83 bits per heavy atom. The number of benzene rings is 1. The Morgan fingerprint density at radius 2 is 2.22 bits per heavy atom. The lowest BCUT2D eigenvalue weighted by atomic mass is 10.1. The van der Waals surface area contributed by atoms with Gasteiger partial charge in [0.15, 0.2) is 5.78 Å². The third-order valence-electron chi connectivity index (χ3n) is 2.27. The summed E-state index contributed by atoms with van der Waals surface area (Å²) in [5.41, 5.74) is 0.445. The average molecular weight is 266 g/mol. The zero-order chi connectivity index (χ0) is 13.1. The van der Waals surface area contributed by atoms with Crippen LogP contribution in [0.25, 0.3) is 0 Å². The SMILES string of the molecule is O=C(Cn1ccc([N+](=O)[O-])n1)c1cccc(Cl)c1. The number of nitro groups is 1. The van der Waals surface area contributed by atoms with Gasteiger partial charge in [-0.15, -0.1) is 0 Å². The minimum Gasteiger partial charge on any atom is -0.358 e. The van der Waals surface area contributed by atoms with Crippen LogP contribution in [0.1, 0.15) is 10.4 Å². The van der Waals surface area contributed by atoms with E-state index in [4.69, 9.17) is 11.6 Å². The molecule has 0 radical (unpaired) electrons. The number of nitrogens with zero attached hydrogens (tertiary/aromatic N) is 3. The fraction of sp³-hybridized carbons (Fsp3) is 0.0909. The number of Topliss-reactive ketones (excluding diaryl/α,β-unsaturated/α-hetero) is 1. The molecule has 1 heterocycles. The van der Waals surface area contributed by atoms with Gasteiger partial charge < -0.3 is 10.1 Å². The van der Waals surface area contributed by atoms with E-state index in [0.717, 1.165) is 0 Å². The molecule has 1 aromatic carbocycles. The summed E-state index contributed by atoms with van der Waals surface area (Å²) >= 11 is 5.77. The zero-order valence-electron chi connectivity index (χ0n) is 9.12. The number of aromatic nitrogens is 2. The quantitative estimate of drug-likeness (QED) is 0.483. The van der Waals surface area contributed by atoms with Gasteiger partial charge in [-0.05, 0) is 17.1 Å². The Balaban J connectivity index is 2.13. The zero-order valence-corrected chi connectivity index (χ0v) is 9.87. The number of rotatable bonds is 4. The predicted octanol–water partition coefficient (Wildman–Crippen LogP) is 2.33. The van der Waals surface area contributed by atoms with Crippen LogP contribution in [0.5, 0.6) is 0 Å². The highest BCUT2D eigenvalue weighted by Gasteiger charge is 2.14. The van der Waals surface area contributed by atoms with Crippen molar-refractivity contribution in [1.29, 1.82) is 0 Å². The molecule has 2 rings (SSSR count). The highest BCUT2D eigenvalue weighted by molar-refractivity contribution is 6.31. The van der Waals surface area contributed by atoms with Crippen LogP contribution < -0.4 is 0 Å². The summed E-state index contributed by atoms with van der Waals surface area (Å²) in [5.74, 6) is -0.496. The van der Waals surface area contributed by atoms with E-state index >= 15 is 0 Å². The molecule has 0 aliphatic rings. The molecular weight excluding hydrogens is 258 g/mol. The van der Waals surface area contributed by atoms with E-state index in [1.807, 2.05) is 0 Å². The van der Waals surface area contributed by atoms with E-state index in [0.29, 0.717) is 10.6 Å². The summed E-state index contributed by atoms with van der Waals surface area (Å²) in [7, 11) is 0. The molecule has 0 saturated heterocycles. The standard InChI is InChI=1S/C11H8ClN3O3/c12-9-3-1-2-8(6-9)10(16)7-14-5-4-11(13-14)15(17)18/h1-6H,7H2. The van der Waals surface area contributed by atoms with E-state index < -0.39 is 4.92 Å². The Morgan fingerprint density at radius 1 is 1.44 bits per heavy atom. The van der Waals surface area contributed by atoms with Gasteiger partial charge >= 0.3 is 5.82 Å². The van der Waals surface area contributed by atoms with Gasteiger partial charge in [0.1, 0.15) is 6.54 Å². The van der Waals surface area contributed by atoms with E-state index in [9.17, 15) is 14.9 Å². The minimum absolute atomic E-state index is 0.0613. The molecule has 0 bridgehead atoms. The van der Waals surface area contributed by atoms with Crippen molar-refractivity contribution >= 4 is 23.2 Å². The van der Waals surface area contributed by atoms with Crippen molar-refractivity contribution in [3.8, 4) is 0 Å². The Kier molecular flexibility index (Phi) is 3.38. The monoisotopic (exact) mass is 265 g/mol. The lowest BCUT2D eigenvalue weighted by Gasteiger charge is -1.99. The van der Waals surface area contributed by atoms with E-state index in [1.54, 1.807) is 24.3 Å². The molecule has 0 fully saturated rings. The van der Waals surface area contributed by atoms with Gasteiger partial charge in [-0.3, -0.25) is 4.79 Å². The highest BCUT2D eigenvalue weighted by atomic mass is 35.5. The molecular formula is C11H8ClN3O3. The first-order valence-corrected chi connectivity index (χ1v) is 5.40. The number of hydrogen-bond donors (Lipinski definition) is 0. The summed E-state index contributed by atoms with van der Waals surface area (Å²) in [6, 6.07) is 7.75. The van der Waals surface area contributed by atoms with Gasteiger partial charge in [-0.2, -0.15) is 4.68 Å². The number of carbonyl (C=O) groups excluding carboxylic acids is 1. The first-order valence-electron chi connectivity index (χ1n) is 5.03. The Bertz CT molecular complexity index is 609. The molecule has 92 valence electrons. The normalized spacial score (nSPS) is 10.3. The fourth-order valence-electron chi connectivity index (χ4n) is 1.44. The molecule has 6 nitrogen and oxygen atoms in total. The van der Waals surface area contributed by atoms with Crippen molar-refractivity contribution in [2.75, 3.05) is 0 Å². The van der Waals surface area contributed by atoms with Crippen LogP contribution in [0, 0.1) is 10.1 Å². The summed E-state index contributed by atoms with van der Waals surface area (Å²) in [6.45, 7) is -0.0613. The first-order chi connectivity index (χ1) is 8.56. The molecule has 7 heteroatoms. The van der Waals surface area contributed by atoms with Crippen LogP contribution in [-0.2, 0) is 6.54 Å². The van der Waals surface area contributed by atoms with Crippen LogP contribution in [-0.4, -0.2) is 20.5 Å². The Labute approximate surface area is 107 Å². The summed E-state index contributed by atoms with van der Waals surface area (Å²) in [6.07, 6.45) is 1.39. The van der Waals surface area contributed by atoms with Crippen molar-refractivity contribution in [2.45, 2.75) is 6.54 Å². The van der Waals surface area contributed by atoms with E-state index in [1.165, 1.54) is 16.9 Å². The second-order valence-corrected chi connectivity index (χ2v) is 4.00. The van der Waals surface area contributed by atoms with Crippen LogP contribution in [0.2, 0.25) is 5.02 Å². The third-order valence-corrected chi connectivity index (χ3v) is 2.50. The number of carbonyl (C=O) groups is 1. The minimum atomic E-state index is -0.611. The van der Waals surface area contributed by atoms with Crippen LogP contribution in [0.3, 0.4) is 0 Å². The molecule has 0 N–H and O–H groups in total.